The van der Waals surface area contributed by atoms with Crippen LogP contribution in [0.15, 0.2) is 12.1 Å². The molecule has 27 heavy (non-hydrogen) atoms. The molecule has 0 amide bonds. The van der Waals surface area contributed by atoms with E-state index in [9.17, 15) is 4.79 Å². The van der Waals surface area contributed by atoms with Crippen LogP contribution >= 0.6 is 0 Å². The van der Waals surface area contributed by atoms with Crippen molar-refractivity contribution < 1.29 is 24.1 Å². The lowest BCUT2D eigenvalue weighted by atomic mass is 9.85. The van der Waals surface area contributed by atoms with Crippen molar-refractivity contribution in [2.24, 2.45) is 5.92 Å². The summed E-state index contributed by atoms with van der Waals surface area (Å²) in [4.78, 5) is 13.3. The quantitative estimate of drug-likeness (QED) is 0.681. The molecule has 0 bridgehead atoms. The summed E-state index contributed by atoms with van der Waals surface area (Å²) in [6.07, 6.45) is 4.50. The third-order valence-electron chi connectivity index (χ3n) is 5.64. The number of hydrogen-bond donors (Lipinski definition) is 2. The number of benzene rings is 1. The summed E-state index contributed by atoms with van der Waals surface area (Å²) in [5.74, 6) is 2.10. The molecule has 1 aliphatic heterocycles. The Morgan fingerprint density at radius 3 is 2.78 bits per heavy atom. The van der Waals surface area contributed by atoms with Crippen LogP contribution in [-0.4, -0.2) is 61.5 Å². The maximum Gasteiger partial charge on any atom is 0.317 e. The van der Waals surface area contributed by atoms with E-state index in [2.05, 4.69) is 10.2 Å². The summed E-state index contributed by atoms with van der Waals surface area (Å²) in [5.41, 5.74) is 1.10. The minimum absolute atomic E-state index is 0.160. The summed E-state index contributed by atoms with van der Waals surface area (Å²) < 4.78 is 16.8. The largest absolute Gasteiger partial charge is 0.493 e. The van der Waals surface area contributed by atoms with Gasteiger partial charge in [-0.15, -0.1) is 0 Å². The zero-order valence-electron chi connectivity index (χ0n) is 15.8. The molecule has 4 rings (SSSR count). The van der Waals surface area contributed by atoms with E-state index in [0.29, 0.717) is 42.7 Å². The molecule has 0 saturated heterocycles. The van der Waals surface area contributed by atoms with Gasteiger partial charge in [-0.2, -0.15) is 0 Å². The van der Waals surface area contributed by atoms with Crippen LogP contribution in [0.5, 0.6) is 17.2 Å². The van der Waals surface area contributed by atoms with E-state index in [1.165, 1.54) is 12.8 Å². The molecule has 0 aromatic heterocycles. The number of carbonyl (C=O) groups is 1. The van der Waals surface area contributed by atoms with Crippen LogP contribution in [0.25, 0.3) is 0 Å². The van der Waals surface area contributed by atoms with Crippen molar-refractivity contribution in [1.82, 2.24) is 10.2 Å². The molecule has 0 atom stereocenters. The van der Waals surface area contributed by atoms with Crippen molar-refractivity contribution in [3.05, 3.63) is 17.7 Å². The van der Waals surface area contributed by atoms with E-state index in [1.807, 2.05) is 12.1 Å². The number of nitrogens with zero attached hydrogens (tertiary/aromatic N) is 1. The summed E-state index contributed by atoms with van der Waals surface area (Å²) in [7, 11) is 1.64. The minimum Gasteiger partial charge on any atom is -0.493 e. The van der Waals surface area contributed by atoms with Gasteiger partial charge in [-0.3, -0.25) is 9.69 Å². The lowest BCUT2D eigenvalue weighted by Gasteiger charge is -2.43. The fourth-order valence-corrected chi connectivity index (χ4v) is 3.89. The average molecular weight is 376 g/mol. The highest BCUT2D eigenvalue weighted by Crippen LogP contribution is 2.40. The first kappa shape index (κ1) is 18.4. The van der Waals surface area contributed by atoms with E-state index in [0.717, 1.165) is 37.2 Å². The average Bonchev–Trinajstić information content (AvgIpc) is 3.43. The third-order valence-corrected chi connectivity index (χ3v) is 5.64. The highest BCUT2D eigenvalue weighted by molar-refractivity contribution is 5.69. The highest BCUT2D eigenvalue weighted by Gasteiger charge is 2.36. The molecule has 0 unspecified atom stereocenters. The van der Waals surface area contributed by atoms with E-state index in [-0.39, 0.29) is 6.54 Å². The molecule has 148 valence electrons. The van der Waals surface area contributed by atoms with Gasteiger partial charge in [0, 0.05) is 25.2 Å². The van der Waals surface area contributed by atoms with E-state index in [4.69, 9.17) is 19.3 Å². The first-order valence-corrected chi connectivity index (χ1v) is 9.78. The Kier molecular flexibility index (Phi) is 5.41. The van der Waals surface area contributed by atoms with Crippen LogP contribution in [0.4, 0.5) is 0 Å². The zero-order chi connectivity index (χ0) is 18.8. The summed E-state index contributed by atoms with van der Waals surface area (Å²) in [6, 6.07) is 4.79. The maximum absolute atomic E-state index is 11.1. The molecule has 2 fully saturated rings. The SMILES string of the molecule is COc1cc(CNC2CC(N(CC(=O)O)CC3CC3)C2)cc2c1OCCO2. The van der Waals surface area contributed by atoms with Crippen LogP contribution < -0.4 is 19.5 Å². The zero-order valence-corrected chi connectivity index (χ0v) is 15.8. The van der Waals surface area contributed by atoms with Crippen molar-refractivity contribution in [2.75, 3.05) is 33.4 Å². The van der Waals surface area contributed by atoms with Gasteiger partial charge in [0.05, 0.1) is 13.7 Å². The predicted molar refractivity (Wildman–Crippen MR) is 99.6 cm³/mol. The molecule has 3 aliphatic rings. The van der Waals surface area contributed by atoms with Crippen molar-refractivity contribution in [1.29, 1.82) is 0 Å². The van der Waals surface area contributed by atoms with Gasteiger partial charge in [-0.1, -0.05) is 0 Å². The Bertz CT molecular complexity index is 668. The molecule has 0 spiro atoms. The number of methoxy groups -OCH3 is 1. The molecule has 7 heteroatoms. The van der Waals surface area contributed by atoms with E-state index < -0.39 is 5.97 Å². The monoisotopic (exact) mass is 376 g/mol. The van der Waals surface area contributed by atoms with Gasteiger partial charge in [0.2, 0.25) is 5.75 Å². The van der Waals surface area contributed by atoms with Crippen LogP contribution in [0.2, 0.25) is 0 Å². The standard InChI is InChI=1S/C20H28N2O5/c1-25-17-6-14(7-18-20(17)27-5-4-26-18)10-21-15-8-16(9-15)22(12-19(23)24)11-13-2-3-13/h6-7,13,15-16,21H,2-5,8-12H2,1H3,(H,23,24). The number of carboxylic acid groups (broad SMARTS) is 1. The van der Waals surface area contributed by atoms with Gasteiger partial charge in [0.1, 0.15) is 13.2 Å². The number of nitrogens with one attached hydrogen (secondary N) is 1. The third kappa shape index (κ3) is 4.47. The van der Waals surface area contributed by atoms with Gasteiger partial charge in [0.25, 0.3) is 0 Å². The van der Waals surface area contributed by atoms with Crippen molar-refractivity contribution >= 4 is 5.97 Å². The molecule has 2 N–H and O–H groups in total. The Morgan fingerprint density at radius 2 is 2.07 bits per heavy atom. The number of rotatable bonds is 9. The van der Waals surface area contributed by atoms with Crippen molar-refractivity contribution in [3.63, 3.8) is 0 Å². The predicted octanol–water partition coefficient (Wildman–Crippen LogP) is 1.88. The Balaban J connectivity index is 1.29. The second kappa shape index (κ2) is 7.94. The first-order valence-electron chi connectivity index (χ1n) is 9.78. The minimum atomic E-state index is -0.726. The molecule has 1 aromatic carbocycles. The van der Waals surface area contributed by atoms with Crippen LogP contribution in [0.1, 0.15) is 31.2 Å². The highest BCUT2D eigenvalue weighted by atomic mass is 16.6. The van der Waals surface area contributed by atoms with E-state index >= 15 is 0 Å². The van der Waals surface area contributed by atoms with E-state index in [1.54, 1.807) is 7.11 Å². The molecular weight excluding hydrogens is 348 g/mol. The number of ether oxygens (including phenoxy) is 3. The lowest BCUT2D eigenvalue weighted by Crippen LogP contribution is -2.54. The fourth-order valence-electron chi connectivity index (χ4n) is 3.89. The molecular formula is C20H28N2O5. The molecule has 0 radical (unpaired) electrons. The fraction of sp³-hybridized carbons (Fsp3) is 0.650. The number of carboxylic acids is 1. The Hall–Kier alpha value is -1.99. The van der Waals surface area contributed by atoms with Gasteiger partial charge in [-0.05, 0) is 49.3 Å². The van der Waals surface area contributed by atoms with Crippen molar-refractivity contribution in [2.45, 2.75) is 44.3 Å². The summed E-state index contributed by atoms with van der Waals surface area (Å²) in [6.45, 7) is 2.91. The summed E-state index contributed by atoms with van der Waals surface area (Å²) >= 11 is 0. The van der Waals surface area contributed by atoms with Crippen LogP contribution in [-0.2, 0) is 11.3 Å². The molecule has 7 nitrogen and oxygen atoms in total. The van der Waals surface area contributed by atoms with Gasteiger partial charge in [-0.25, -0.2) is 0 Å². The first-order chi connectivity index (χ1) is 13.1. The number of aliphatic carboxylic acids is 1. The topological polar surface area (TPSA) is 80.3 Å². The lowest BCUT2D eigenvalue weighted by molar-refractivity contribution is -0.139. The Morgan fingerprint density at radius 1 is 1.30 bits per heavy atom. The van der Waals surface area contributed by atoms with Gasteiger partial charge >= 0.3 is 5.97 Å². The smallest absolute Gasteiger partial charge is 0.317 e. The van der Waals surface area contributed by atoms with Crippen molar-refractivity contribution in [3.8, 4) is 17.2 Å². The number of fused-ring (bicyclic) bond motifs is 1. The van der Waals surface area contributed by atoms with Gasteiger partial charge < -0.3 is 24.6 Å². The van der Waals surface area contributed by atoms with Crippen LogP contribution in [0, 0.1) is 5.92 Å². The second-order valence-electron chi connectivity index (χ2n) is 7.79. The maximum atomic E-state index is 11.1. The molecule has 1 heterocycles. The number of hydrogen-bond acceptors (Lipinski definition) is 6. The molecule has 2 aliphatic carbocycles. The second-order valence-corrected chi connectivity index (χ2v) is 7.79. The Labute approximate surface area is 159 Å². The molecule has 1 aromatic rings. The van der Waals surface area contributed by atoms with Crippen LogP contribution in [0.3, 0.4) is 0 Å². The molecule has 2 saturated carbocycles. The normalized spacial score (nSPS) is 23.8. The van der Waals surface area contributed by atoms with Gasteiger partial charge in [0.15, 0.2) is 11.5 Å². The summed E-state index contributed by atoms with van der Waals surface area (Å²) in [5, 5.41) is 12.7.